The second-order valence-corrected chi connectivity index (χ2v) is 16.1. The smallest absolute Gasteiger partial charge is 0.196 e. The molecule has 0 aliphatic heterocycles. The molecule has 8 aromatic carbocycles. The van der Waals surface area contributed by atoms with Crippen LogP contribution in [0.5, 0.6) is 0 Å². The molecule has 0 saturated heterocycles. The Morgan fingerprint density at radius 1 is 0.388 bits per heavy atom. The van der Waals surface area contributed by atoms with Gasteiger partial charge in [0.15, 0.2) is 11.5 Å². The monoisotopic (exact) mass is 853 g/mol. The number of hydrogen-bond acceptors (Lipinski definition) is 5. The summed E-state index contributed by atoms with van der Waals surface area (Å²) >= 11 is 0. The molecule has 310 valence electrons. The van der Waals surface area contributed by atoms with E-state index in [2.05, 4.69) is 82.2 Å². The summed E-state index contributed by atoms with van der Waals surface area (Å²) in [4.78, 5) is 19.6. The maximum atomic E-state index is 10.9. The first-order valence-corrected chi connectivity index (χ1v) is 21.7. The van der Waals surface area contributed by atoms with Gasteiger partial charge in [0.05, 0.1) is 63.8 Å². The molecule has 11 aromatic rings. The Bertz CT molecular complexity index is 3560. The number of fused-ring (bicyclic) bond motifs is 3. The fourth-order valence-electron chi connectivity index (χ4n) is 8.93. The number of nitrogens with zero attached hydrogens (tertiary/aromatic N) is 7. The molecular formula is C60H35N7. The van der Waals surface area contributed by atoms with E-state index in [9.17, 15) is 10.5 Å². The van der Waals surface area contributed by atoms with Gasteiger partial charge in [-0.2, -0.15) is 10.5 Å². The summed E-state index contributed by atoms with van der Waals surface area (Å²) in [5.74, 6) is 0.554. The van der Waals surface area contributed by atoms with E-state index in [0.717, 1.165) is 94.6 Å². The van der Waals surface area contributed by atoms with Crippen molar-refractivity contribution in [3.63, 3.8) is 0 Å². The van der Waals surface area contributed by atoms with E-state index in [1.54, 1.807) is 12.1 Å². The van der Waals surface area contributed by atoms with Crippen molar-refractivity contribution in [3.8, 4) is 96.5 Å². The molecule has 0 amide bonds. The molecule has 67 heavy (non-hydrogen) atoms. The normalized spacial score (nSPS) is 10.9. The van der Waals surface area contributed by atoms with Gasteiger partial charge in [-0.3, -0.25) is 0 Å². The Morgan fingerprint density at radius 2 is 0.925 bits per heavy atom. The number of rotatable bonds is 8. The highest BCUT2D eigenvalue weighted by molar-refractivity contribution is 6.12. The fourth-order valence-corrected chi connectivity index (χ4v) is 8.93. The van der Waals surface area contributed by atoms with Crippen LogP contribution in [0.2, 0.25) is 0 Å². The molecule has 0 radical (unpaired) electrons. The van der Waals surface area contributed by atoms with Crippen LogP contribution in [0.15, 0.2) is 212 Å². The van der Waals surface area contributed by atoms with Gasteiger partial charge < -0.3 is 4.57 Å². The zero-order chi connectivity index (χ0) is 45.3. The van der Waals surface area contributed by atoms with Crippen LogP contribution in [0, 0.1) is 29.2 Å². The van der Waals surface area contributed by atoms with Crippen LogP contribution in [-0.4, -0.2) is 19.5 Å². The molecule has 0 aliphatic rings. The zero-order valence-electron chi connectivity index (χ0n) is 35.8. The summed E-state index contributed by atoms with van der Waals surface area (Å²) < 4.78 is 2.28. The Hall–Kier alpha value is -9.74. The van der Waals surface area contributed by atoms with Crippen LogP contribution in [0.3, 0.4) is 0 Å². The van der Waals surface area contributed by atoms with E-state index in [4.69, 9.17) is 21.5 Å². The molecule has 11 rings (SSSR count). The summed E-state index contributed by atoms with van der Waals surface area (Å²) in [6, 6.07) is 75.0. The maximum Gasteiger partial charge on any atom is 0.196 e. The first kappa shape index (κ1) is 40.1. The molecule has 0 bridgehead atoms. The Balaban J connectivity index is 1.27. The van der Waals surface area contributed by atoms with E-state index in [1.807, 2.05) is 140 Å². The summed E-state index contributed by atoms with van der Waals surface area (Å²) in [5, 5.41) is 22.6. The second-order valence-electron chi connectivity index (χ2n) is 16.1. The lowest BCUT2D eigenvalue weighted by atomic mass is 9.92. The highest BCUT2D eigenvalue weighted by Gasteiger charge is 2.25. The zero-order valence-corrected chi connectivity index (χ0v) is 35.8. The molecule has 0 aliphatic carbocycles. The third-order valence-corrected chi connectivity index (χ3v) is 12.1. The van der Waals surface area contributed by atoms with Gasteiger partial charge in [0.2, 0.25) is 0 Å². The van der Waals surface area contributed by atoms with E-state index >= 15 is 0 Å². The third kappa shape index (κ3) is 7.43. The molecule has 7 heteroatoms. The van der Waals surface area contributed by atoms with Gasteiger partial charge in [-0.1, -0.05) is 152 Å². The summed E-state index contributed by atoms with van der Waals surface area (Å²) in [6.07, 6.45) is 0. The van der Waals surface area contributed by atoms with Crippen molar-refractivity contribution < 1.29 is 0 Å². The van der Waals surface area contributed by atoms with E-state index < -0.39 is 0 Å². The third-order valence-electron chi connectivity index (χ3n) is 12.1. The molecule has 0 fully saturated rings. The Labute approximate surface area is 387 Å². The van der Waals surface area contributed by atoms with Crippen molar-refractivity contribution in [1.29, 1.82) is 10.5 Å². The van der Waals surface area contributed by atoms with Crippen LogP contribution >= 0.6 is 0 Å². The summed E-state index contributed by atoms with van der Waals surface area (Å²) in [5.41, 5.74) is 14.7. The highest BCUT2D eigenvalue weighted by Crippen LogP contribution is 2.45. The standard InChI is InChI=1S/C60H35N7/c1-63-55-32-39(37-61)26-28-47(55)45-27-29-58-50(33-45)48-24-14-15-25-57(48)67(58)59-49(46-34-52(41-16-6-2-7-17-41)64-53(35-46)42-18-8-3-9-19-42)30-40(38-62)31-51(59)56-36-54(43-20-10-4-11-21-43)65-60(66-56)44-22-12-5-13-23-44/h2-36H. The predicted octanol–water partition coefficient (Wildman–Crippen LogP) is 14.9. The average molecular weight is 854 g/mol. The molecule has 7 nitrogen and oxygen atoms in total. The average Bonchev–Trinajstić information content (AvgIpc) is 3.74. The lowest BCUT2D eigenvalue weighted by Gasteiger charge is -2.21. The van der Waals surface area contributed by atoms with Gasteiger partial charge in [-0.15, -0.1) is 0 Å². The van der Waals surface area contributed by atoms with Gasteiger partial charge in [-0.25, -0.2) is 19.8 Å². The topological polar surface area (TPSA) is 95.5 Å². The lowest BCUT2D eigenvalue weighted by molar-refractivity contribution is 1.15. The largest absolute Gasteiger partial charge is 0.308 e. The minimum Gasteiger partial charge on any atom is -0.308 e. The molecule has 0 unspecified atom stereocenters. The number of pyridine rings is 1. The van der Waals surface area contributed by atoms with E-state index in [0.29, 0.717) is 28.3 Å². The summed E-state index contributed by atoms with van der Waals surface area (Å²) in [7, 11) is 0. The Morgan fingerprint density at radius 3 is 1.54 bits per heavy atom. The van der Waals surface area contributed by atoms with Crippen molar-refractivity contribution in [2.24, 2.45) is 0 Å². The quantitative estimate of drug-likeness (QED) is 0.142. The number of benzene rings is 8. The maximum absolute atomic E-state index is 10.9. The number of nitriles is 2. The molecule has 0 spiro atoms. The predicted molar refractivity (Wildman–Crippen MR) is 268 cm³/mol. The molecular weight excluding hydrogens is 819 g/mol. The van der Waals surface area contributed by atoms with Gasteiger partial charge in [-0.05, 0) is 77.4 Å². The number of hydrogen-bond donors (Lipinski definition) is 0. The minimum absolute atomic E-state index is 0.409. The summed E-state index contributed by atoms with van der Waals surface area (Å²) in [6.45, 7) is 8.01. The Kier molecular flexibility index (Phi) is 10.2. The SMILES string of the molecule is [C-]#[N+]c1cc(C#N)ccc1-c1ccc2c(c1)c1ccccc1n2-c1c(-c2cc(-c3ccccc3)nc(-c3ccccc3)c2)cc(C#N)cc1-c1cc(-c2ccccc2)nc(-c2ccccc2)n1. The van der Waals surface area contributed by atoms with Crippen LogP contribution in [0.1, 0.15) is 11.1 Å². The highest BCUT2D eigenvalue weighted by atomic mass is 15.0. The van der Waals surface area contributed by atoms with Crippen molar-refractivity contribution in [2.75, 3.05) is 0 Å². The molecule has 0 atom stereocenters. The van der Waals surface area contributed by atoms with Gasteiger partial charge in [0.1, 0.15) is 0 Å². The molecule has 3 heterocycles. The second kappa shape index (κ2) is 17.1. The van der Waals surface area contributed by atoms with E-state index in [-0.39, 0.29) is 0 Å². The molecule has 0 N–H and O–H groups in total. The molecule has 3 aromatic heterocycles. The number of para-hydroxylation sites is 1. The molecule has 0 saturated carbocycles. The van der Waals surface area contributed by atoms with Gasteiger partial charge in [0.25, 0.3) is 0 Å². The lowest BCUT2D eigenvalue weighted by Crippen LogP contribution is -2.04. The number of aromatic nitrogens is 4. The van der Waals surface area contributed by atoms with Crippen molar-refractivity contribution >= 4 is 27.5 Å². The van der Waals surface area contributed by atoms with Crippen molar-refractivity contribution in [3.05, 3.63) is 235 Å². The van der Waals surface area contributed by atoms with Crippen molar-refractivity contribution in [2.45, 2.75) is 0 Å². The van der Waals surface area contributed by atoms with Crippen LogP contribution in [0.4, 0.5) is 5.69 Å². The van der Waals surface area contributed by atoms with Gasteiger partial charge >= 0.3 is 0 Å². The van der Waals surface area contributed by atoms with E-state index in [1.165, 1.54) is 0 Å². The first-order valence-electron chi connectivity index (χ1n) is 21.7. The van der Waals surface area contributed by atoms with Gasteiger partial charge in [0, 0.05) is 49.7 Å². The van der Waals surface area contributed by atoms with Crippen molar-refractivity contribution in [1.82, 2.24) is 19.5 Å². The fraction of sp³-hybridized carbons (Fsp3) is 0. The van der Waals surface area contributed by atoms with Crippen LogP contribution < -0.4 is 0 Å². The van der Waals surface area contributed by atoms with Crippen LogP contribution in [-0.2, 0) is 0 Å². The minimum atomic E-state index is 0.409. The first-order chi connectivity index (χ1) is 33.1. The van der Waals surface area contributed by atoms with Crippen LogP contribution in [0.25, 0.3) is 111 Å².